The lowest BCUT2D eigenvalue weighted by molar-refractivity contribution is -0.123. The van der Waals surface area contributed by atoms with E-state index in [9.17, 15) is 14.7 Å². The highest BCUT2D eigenvalue weighted by Gasteiger charge is 2.35. The fourth-order valence-corrected chi connectivity index (χ4v) is 4.61. The highest BCUT2D eigenvalue weighted by atomic mass is 79.9. The maximum absolute atomic E-state index is 12.8. The van der Waals surface area contributed by atoms with Crippen molar-refractivity contribution in [1.82, 2.24) is 4.90 Å². The van der Waals surface area contributed by atoms with Crippen LogP contribution in [0.5, 0.6) is 11.5 Å². The summed E-state index contributed by atoms with van der Waals surface area (Å²) < 4.78 is 6.04. The third-order valence-corrected chi connectivity index (χ3v) is 7.55. The monoisotopic (exact) mass is 565 g/mol. The number of rotatable bonds is 4. The van der Waals surface area contributed by atoms with E-state index < -0.39 is 11.1 Å². The molecule has 5 nitrogen and oxygen atoms in total. The molecule has 3 rings (SSSR count). The second-order valence-corrected chi connectivity index (χ2v) is 9.07. The van der Waals surface area contributed by atoms with Gasteiger partial charge in [-0.05, 0) is 79.0 Å². The Morgan fingerprint density at radius 2 is 1.93 bits per heavy atom. The van der Waals surface area contributed by atoms with E-state index in [-0.39, 0.29) is 22.9 Å². The number of amides is 2. The van der Waals surface area contributed by atoms with Crippen LogP contribution < -0.4 is 4.74 Å². The van der Waals surface area contributed by atoms with Crippen molar-refractivity contribution in [1.29, 1.82) is 0 Å². The topological polar surface area (TPSA) is 66.8 Å². The molecule has 0 aliphatic carbocycles. The van der Waals surface area contributed by atoms with E-state index in [1.54, 1.807) is 30.3 Å². The number of hydrogen-bond donors (Lipinski definition) is 1. The largest absolute Gasteiger partial charge is 0.503 e. The Morgan fingerprint density at radius 3 is 2.57 bits per heavy atom. The van der Waals surface area contributed by atoms with Gasteiger partial charge >= 0.3 is 0 Å². The van der Waals surface area contributed by atoms with Gasteiger partial charge in [0.05, 0.1) is 23.0 Å². The number of hydrogen-bond acceptors (Lipinski definition) is 5. The quantitative estimate of drug-likeness (QED) is 0.429. The molecular formula is C18H11Br2Cl2NO4S. The number of phenols is 1. The molecule has 0 saturated carbocycles. The fourth-order valence-electron chi connectivity index (χ4n) is 2.47. The van der Waals surface area contributed by atoms with Crippen molar-refractivity contribution in [2.24, 2.45) is 0 Å². The van der Waals surface area contributed by atoms with Crippen LogP contribution >= 0.6 is 66.8 Å². The summed E-state index contributed by atoms with van der Waals surface area (Å²) in [6.45, 7) is 0.0434. The summed E-state index contributed by atoms with van der Waals surface area (Å²) in [7, 11) is 1.42. The van der Waals surface area contributed by atoms with Crippen molar-refractivity contribution in [3.63, 3.8) is 0 Å². The van der Waals surface area contributed by atoms with Gasteiger partial charge in [0.2, 0.25) is 0 Å². The molecule has 1 aliphatic rings. The number of carbonyl (C=O) groups excluding carboxylic acids is 2. The van der Waals surface area contributed by atoms with Gasteiger partial charge in [0.25, 0.3) is 11.1 Å². The zero-order chi connectivity index (χ0) is 20.6. The highest BCUT2D eigenvalue weighted by molar-refractivity contribution is 9.13. The summed E-state index contributed by atoms with van der Waals surface area (Å²) in [5.41, 5.74) is 1.18. The first kappa shape index (κ1) is 21.5. The molecule has 146 valence electrons. The van der Waals surface area contributed by atoms with Gasteiger partial charge in [-0.2, -0.15) is 0 Å². The normalized spacial score (nSPS) is 15.6. The molecule has 10 heteroatoms. The van der Waals surface area contributed by atoms with E-state index in [0.29, 0.717) is 30.1 Å². The SMILES string of the molecule is COc1cc(/C=C2\SC(=O)N(Cc3ccc(Cl)cc3Cl)C2=O)c(Br)c(Br)c1O. The average molecular weight is 568 g/mol. The lowest BCUT2D eigenvalue weighted by Crippen LogP contribution is -2.27. The minimum Gasteiger partial charge on any atom is -0.503 e. The maximum atomic E-state index is 12.8. The lowest BCUT2D eigenvalue weighted by atomic mass is 10.1. The van der Waals surface area contributed by atoms with Crippen LogP contribution in [0.3, 0.4) is 0 Å². The van der Waals surface area contributed by atoms with Crippen LogP contribution in [0.2, 0.25) is 10.0 Å². The second kappa shape index (κ2) is 8.67. The molecule has 0 atom stereocenters. The first-order chi connectivity index (χ1) is 13.2. The van der Waals surface area contributed by atoms with Crippen molar-refractivity contribution in [2.45, 2.75) is 6.54 Å². The third-order valence-electron chi connectivity index (χ3n) is 3.90. The first-order valence-corrected chi connectivity index (χ1v) is 10.8. The number of thioether (sulfide) groups is 1. The molecule has 2 aromatic rings. The van der Waals surface area contributed by atoms with E-state index in [1.165, 1.54) is 7.11 Å². The summed E-state index contributed by atoms with van der Waals surface area (Å²) in [5, 5.41) is 10.5. The van der Waals surface area contributed by atoms with Gasteiger partial charge in [0.1, 0.15) is 0 Å². The Morgan fingerprint density at radius 1 is 1.21 bits per heavy atom. The fraction of sp³-hybridized carbons (Fsp3) is 0.111. The molecule has 0 spiro atoms. The number of carbonyl (C=O) groups is 2. The lowest BCUT2D eigenvalue weighted by Gasteiger charge is -2.14. The summed E-state index contributed by atoms with van der Waals surface area (Å²) in [5.74, 6) is -0.276. The Kier molecular flexibility index (Phi) is 6.66. The minimum absolute atomic E-state index is 0.0434. The van der Waals surface area contributed by atoms with Gasteiger partial charge in [-0.15, -0.1) is 0 Å². The molecule has 0 unspecified atom stereocenters. The second-order valence-electron chi connectivity index (χ2n) is 5.65. The molecule has 28 heavy (non-hydrogen) atoms. The van der Waals surface area contributed by atoms with Crippen molar-refractivity contribution >= 4 is 84.0 Å². The summed E-state index contributed by atoms with van der Waals surface area (Å²) in [6, 6.07) is 6.45. The number of aromatic hydroxyl groups is 1. The van der Waals surface area contributed by atoms with Gasteiger partial charge in [-0.1, -0.05) is 29.3 Å². The van der Waals surface area contributed by atoms with Crippen molar-refractivity contribution < 1.29 is 19.4 Å². The molecule has 0 aromatic heterocycles. The number of imide groups is 1. The molecule has 1 saturated heterocycles. The predicted molar refractivity (Wildman–Crippen MR) is 118 cm³/mol. The van der Waals surface area contributed by atoms with Crippen LogP contribution in [-0.2, 0) is 11.3 Å². The van der Waals surface area contributed by atoms with Crippen molar-refractivity contribution in [2.75, 3.05) is 7.11 Å². The van der Waals surface area contributed by atoms with Crippen LogP contribution in [0, 0.1) is 0 Å². The number of nitrogens with zero attached hydrogens (tertiary/aromatic N) is 1. The standard InChI is InChI=1S/C18H11Br2Cl2NO4S/c1-27-12-4-9(14(19)15(20)16(12)24)5-13-17(25)23(18(26)28-13)7-8-2-3-10(21)6-11(8)22/h2-6,24H,7H2,1H3/b13-5-. The van der Waals surface area contributed by atoms with Gasteiger partial charge in [-0.3, -0.25) is 14.5 Å². The molecule has 0 bridgehead atoms. The van der Waals surface area contributed by atoms with Crippen LogP contribution in [-0.4, -0.2) is 28.3 Å². The van der Waals surface area contributed by atoms with Gasteiger partial charge in [0.15, 0.2) is 11.5 Å². The molecule has 1 fully saturated rings. The summed E-state index contributed by atoms with van der Waals surface area (Å²) in [6.07, 6.45) is 1.56. The Hall–Kier alpha value is -1.19. The van der Waals surface area contributed by atoms with E-state index >= 15 is 0 Å². The molecule has 1 N–H and O–H groups in total. The van der Waals surface area contributed by atoms with Crippen LogP contribution in [0.25, 0.3) is 6.08 Å². The van der Waals surface area contributed by atoms with Gasteiger partial charge < -0.3 is 9.84 Å². The summed E-state index contributed by atoms with van der Waals surface area (Å²) in [4.78, 5) is 26.5. The Balaban J connectivity index is 1.92. The van der Waals surface area contributed by atoms with Crippen molar-refractivity contribution in [3.05, 3.63) is 59.3 Å². The zero-order valence-corrected chi connectivity index (χ0v) is 19.6. The molecular weight excluding hydrogens is 557 g/mol. The zero-order valence-electron chi connectivity index (χ0n) is 14.1. The number of benzene rings is 2. The van der Waals surface area contributed by atoms with E-state index in [1.807, 2.05) is 0 Å². The highest BCUT2D eigenvalue weighted by Crippen LogP contribution is 2.43. The molecule has 1 aliphatic heterocycles. The first-order valence-electron chi connectivity index (χ1n) is 7.67. The van der Waals surface area contributed by atoms with Gasteiger partial charge in [0, 0.05) is 14.5 Å². The average Bonchev–Trinajstić information content (AvgIpc) is 2.91. The van der Waals surface area contributed by atoms with E-state index in [4.69, 9.17) is 27.9 Å². The molecule has 1 heterocycles. The van der Waals surface area contributed by atoms with Crippen LogP contribution in [0.15, 0.2) is 38.1 Å². The third kappa shape index (κ3) is 4.21. The van der Waals surface area contributed by atoms with Gasteiger partial charge in [-0.25, -0.2) is 0 Å². The summed E-state index contributed by atoms with van der Waals surface area (Å²) >= 11 is 19.5. The Labute approximate surface area is 191 Å². The number of halogens is 4. The number of phenolic OH excluding ortho intramolecular Hbond substituents is 1. The molecule has 2 aromatic carbocycles. The van der Waals surface area contributed by atoms with E-state index in [2.05, 4.69) is 31.9 Å². The van der Waals surface area contributed by atoms with Crippen LogP contribution in [0.1, 0.15) is 11.1 Å². The Bertz CT molecular complexity index is 1030. The van der Waals surface area contributed by atoms with Crippen molar-refractivity contribution in [3.8, 4) is 11.5 Å². The maximum Gasteiger partial charge on any atom is 0.293 e. The van der Waals surface area contributed by atoms with E-state index in [0.717, 1.165) is 16.7 Å². The minimum atomic E-state index is -0.434. The molecule has 0 radical (unpaired) electrons. The number of ether oxygens (including phenoxy) is 1. The number of methoxy groups -OCH3 is 1. The predicted octanol–water partition coefficient (Wildman–Crippen LogP) is 6.47. The smallest absolute Gasteiger partial charge is 0.293 e. The van der Waals surface area contributed by atoms with Crippen LogP contribution in [0.4, 0.5) is 4.79 Å². The molecule has 2 amide bonds.